The van der Waals surface area contributed by atoms with Gasteiger partial charge in [0.1, 0.15) is 0 Å². The van der Waals surface area contributed by atoms with Crippen LogP contribution in [0.3, 0.4) is 0 Å². The van der Waals surface area contributed by atoms with E-state index in [2.05, 4.69) is 44.5 Å². The van der Waals surface area contributed by atoms with Gasteiger partial charge in [0.25, 0.3) is 0 Å². The molecular formula is C17H22. The molecule has 1 aromatic carbocycles. The Bertz CT molecular complexity index is 432. The van der Waals surface area contributed by atoms with Gasteiger partial charge in [-0.25, -0.2) is 0 Å². The van der Waals surface area contributed by atoms with E-state index in [1.807, 2.05) is 6.92 Å². The molecule has 0 nitrogen and oxygen atoms in total. The zero-order valence-corrected chi connectivity index (χ0v) is 11.2. The van der Waals surface area contributed by atoms with Gasteiger partial charge in [0.15, 0.2) is 0 Å². The predicted octanol–water partition coefficient (Wildman–Crippen LogP) is 4.80. The highest BCUT2D eigenvalue weighted by atomic mass is 14.1. The monoisotopic (exact) mass is 226 g/mol. The van der Waals surface area contributed by atoms with Crippen LogP contribution >= 0.6 is 0 Å². The average molecular weight is 226 g/mol. The molecular weight excluding hydrogens is 204 g/mol. The van der Waals surface area contributed by atoms with Crippen molar-refractivity contribution >= 4 is 5.57 Å². The van der Waals surface area contributed by atoms with Gasteiger partial charge in [-0.05, 0) is 49.4 Å². The van der Waals surface area contributed by atoms with E-state index in [9.17, 15) is 0 Å². The molecule has 17 heavy (non-hydrogen) atoms. The lowest BCUT2D eigenvalue weighted by Crippen LogP contribution is -1.99. The van der Waals surface area contributed by atoms with Crippen molar-refractivity contribution in [3.8, 4) is 12.3 Å². The second kappa shape index (κ2) is 6.30. The zero-order chi connectivity index (χ0) is 12.8. The van der Waals surface area contributed by atoms with Crippen molar-refractivity contribution in [1.29, 1.82) is 0 Å². The lowest BCUT2D eigenvalue weighted by Gasteiger charge is -2.14. The molecule has 0 spiro atoms. The van der Waals surface area contributed by atoms with Gasteiger partial charge < -0.3 is 0 Å². The van der Waals surface area contributed by atoms with Crippen LogP contribution < -0.4 is 0 Å². The van der Waals surface area contributed by atoms with Crippen molar-refractivity contribution < 1.29 is 0 Å². The number of allylic oxidation sites excluding steroid dienone is 1. The third-order valence-corrected chi connectivity index (χ3v) is 3.15. The summed E-state index contributed by atoms with van der Waals surface area (Å²) in [5.41, 5.74) is 4.98. The summed E-state index contributed by atoms with van der Waals surface area (Å²) in [6, 6.07) is 6.57. The molecule has 0 aromatic heterocycles. The first-order chi connectivity index (χ1) is 8.10. The van der Waals surface area contributed by atoms with E-state index in [-0.39, 0.29) is 5.92 Å². The Morgan fingerprint density at radius 1 is 1.47 bits per heavy atom. The lowest BCUT2D eigenvalue weighted by atomic mass is 9.90. The van der Waals surface area contributed by atoms with Crippen molar-refractivity contribution in [3.05, 3.63) is 41.5 Å². The molecule has 0 aliphatic carbocycles. The number of hydrogen-bond donors (Lipinski definition) is 0. The van der Waals surface area contributed by atoms with Crippen molar-refractivity contribution in [1.82, 2.24) is 0 Å². The normalized spacial score (nSPS) is 11.9. The minimum Gasteiger partial charge on any atom is -0.119 e. The van der Waals surface area contributed by atoms with Crippen LogP contribution in [-0.4, -0.2) is 0 Å². The topological polar surface area (TPSA) is 0 Å². The molecule has 90 valence electrons. The molecule has 0 amide bonds. The van der Waals surface area contributed by atoms with Gasteiger partial charge in [-0.3, -0.25) is 0 Å². The van der Waals surface area contributed by atoms with Crippen molar-refractivity contribution in [2.45, 2.75) is 46.0 Å². The number of aryl methyl sites for hydroxylation is 1. The summed E-state index contributed by atoms with van der Waals surface area (Å²) in [4.78, 5) is 0. The molecule has 0 radical (unpaired) electrons. The molecule has 0 saturated heterocycles. The molecule has 0 bridgehead atoms. The summed E-state index contributed by atoms with van der Waals surface area (Å²) in [5, 5.41) is 0. The quantitative estimate of drug-likeness (QED) is 0.633. The second-order valence-corrected chi connectivity index (χ2v) is 4.69. The van der Waals surface area contributed by atoms with Gasteiger partial charge in [0.2, 0.25) is 0 Å². The van der Waals surface area contributed by atoms with Gasteiger partial charge in [-0.1, -0.05) is 43.5 Å². The molecule has 0 heteroatoms. The van der Waals surface area contributed by atoms with E-state index >= 15 is 0 Å². The number of terminal acetylenes is 1. The van der Waals surface area contributed by atoms with Gasteiger partial charge in [0.05, 0.1) is 0 Å². The van der Waals surface area contributed by atoms with Crippen LogP contribution in [0.25, 0.3) is 5.57 Å². The number of unbranched alkanes of at least 4 members (excludes halogenated alkanes) is 1. The summed E-state index contributed by atoms with van der Waals surface area (Å²) in [7, 11) is 0. The summed E-state index contributed by atoms with van der Waals surface area (Å²) >= 11 is 0. The maximum atomic E-state index is 5.56. The standard InChI is InChI=1S/C17H22/c1-6-8-9-15-10-11-16(13(3)4)12-17(15)14(5)7-2/h2,10-12,14H,3,6,8-9H2,1,4-5H3. The Labute approximate surface area is 106 Å². The van der Waals surface area contributed by atoms with Crippen LogP contribution in [0.15, 0.2) is 24.8 Å². The van der Waals surface area contributed by atoms with E-state index in [0.29, 0.717) is 0 Å². The molecule has 0 aliphatic rings. The van der Waals surface area contributed by atoms with Crippen molar-refractivity contribution in [2.75, 3.05) is 0 Å². The zero-order valence-electron chi connectivity index (χ0n) is 11.2. The molecule has 0 saturated carbocycles. The molecule has 0 heterocycles. The lowest BCUT2D eigenvalue weighted by molar-refractivity contribution is 0.782. The van der Waals surface area contributed by atoms with E-state index in [0.717, 1.165) is 12.0 Å². The Morgan fingerprint density at radius 2 is 2.18 bits per heavy atom. The van der Waals surface area contributed by atoms with Gasteiger partial charge in [-0.2, -0.15) is 0 Å². The first-order valence-electron chi connectivity index (χ1n) is 6.35. The van der Waals surface area contributed by atoms with Crippen LogP contribution in [-0.2, 0) is 6.42 Å². The maximum absolute atomic E-state index is 5.56. The maximum Gasteiger partial charge on any atom is 0.0424 e. The minimum absolute atomic E-state index is 0.182. The fraction of sp³-hybridized carbons (Fsp3) is 0.412. The molecule has 0 fully saturated rings. The summed E-state index contributed by atoms with van der Waals surface area (Å²) in [6.45, 7) is 10.3. The predicted molar refractivity (Wildman–Crippen MR) is 77.0 cm³/mol. The third kappa shape index (κ3) is 3.49. The average Bonchev–Trinajstić information content (AvgIpc) is 2.35. The Morgan fingerprint density at radius 3 is 2.71 bits per heavy atom. The first-order valence-corrected chi connectivity index (χ1v) is 6.35. The molecule has 0 N–H and O–H groups in total. The summed E-state index contributed by atoms with van der Waals surface area (Å²) in [6.07, 6.45) is 9.11. The van der Waals surface area contributed by atoms with E-state index in [1.165, 1.54) is 29.5 Å². The molecule has 1 unspecified atom stereocenters. The first kappa shape index (κ1) is 13.6. The third-order valence-electron chi connectivity index (χ3n) is 3.15. The SMILES string of the molecule is C#CC(C)c1cc(C(=C)C)ccc1CCCC. The fourth-order valence-corrected chi connectivity index (χ4v) is 1.95. The second-order valence-electron chi connectivity index (χ2n) is 4.69. The number of benzene rings is 1. The van der Waals surface area contributed by atoms with Gasteiger partial charge in [-0.15, -0.1) is 6.42 Å². The molecule has 1 aromatic rings. The van der Waals surface area contributed by atoms with Crippen LogP contribution in [0.4, 0.5) is 0 Å². The summed E-state index contributed by atoms with van der Waals surface area (Å²) < 4.78 is 0. The molecule has 1 rings (SSSR count). The fourth-order valence-electron chi connectivity index (χ4n) is 1.95. The largest absolute Gasteiger partial charge is 0.119 e. The van der Waals surface area contributed by atoms with Gasteiger partial charge >= 0.3 is 0 Å². The Kier molecular flexibility index (Phi) is 5.04. The highest BCUT2D eigenvalue weighted by Crippen LogP contribution is 2.25. The molecule has 0 aliphatic heterocycles. The highest BCUT2D eigenvalue weighted by molar-refractivity contribution is 5.63. The molecule has 1 atom stereocenters. The Balaban J connectivity index is 3.13. The minimum atomic E-state index is 0.182. The van der Waals surface area contributed by atoms with Crippen LogP contribution in [0.2, 0.25) is 0 Å². The van der Waals surface area contributed by atoms with Gasteiger partial charge in [0, 0.05) is 5.92 Å². The Hall–Kier alpha value is -1.48. The number of hydrogen-bond acceptors (Lipinski definition) is 0. The van der Waals surface area contributed by atoms with Crippen LogP contribution in [0.5, 0.6) is 0 Å². The van der Waals surface area contributed by atoms with E-state index in [4.69, 9.17) is 6.42 Å². The van der Waals surface area contributed by atoms with Crippen molar-refractivity contribution in [2.24, 2.45) is 0 Å². The van der Waals surface area contributed by atoms with E-state index in [1.54, 1.807) is 0 Å². The van der Waals surface area contributed by atoms with E-state index < -0.39 is 0 Å². The smallest absolute Gasteiger partial charge is 0.0424 e. The highest BCUT2D eigenvalue weighted by Gasteiger charge is 2.09. The van der Waals surface area contributed by atoms with Crippen LogP contribution in [0, 0.1) is 12.3 Å². The summed E-state index contributed by atoms with van der Waals surface area (Å²) in [5.74, 6) is 3.02. The van der Waals surface area contributed by atoms with Crippen molar-refractivity contribution in [3.63, 3.8) is 0 Å². The number of rotatable bonds is 5. The van der Waals surface area contributed by atoms with Crippen LogP contribution in [0.1, 0.15) is 56.2 Å².